The van der Waals surface area contributed by atoms with Crippen LogP contribution in [0.15, 0.2) is 47.6 Å². The molecule has 0 radical (unpaired) electrons. The number of aromatic hydroxyl groups is 1. The highest BCUT2D eigenvalue weighted by Gasteiger charge is 2.06. The number of phenols is 1. The number of phenolic OH excluding ortho intramolecular Hbond substituents is 1. The number of rotatable bonds is 5. The second-order valence-electron chi connectivity index (χ2n) is 4.67. The number of nitrogens with one attached hydrogen (secondary N) is 1. The molecule has 2 aromatic carbocycles. The summed E-state index contributed by atoms with van der Waals surface area (Å²) >= 11 is 0. The van der Waals surface area contributed by atoms with Crippen LogP contribution < -0.4 is 10.2 Å². The molecule has 0 heterocycles. The van der Waals surface area contributed by atoms with Crippen LogP contribution in [0.5, 0.6) is 11.5 Å². The molecule has 0 saturated carbocycles. The first kappa shape index (κ1) is 15.6. The average Bonchev–Trinajstić information content (AvgIpc) is 2.50. The standard InChI is InChI=1S/C17H18N2O3/c1-3-22-16-9-8-13(10-15(16)20)11-18-19-17(21)14-7-5-4-6-12(14)2/h4-11,20H,3H2,1-2H3,(H,19,21)/b18-11+. The molecule has 1 amide bonds. The number of amides is 1. The largest absolute Gasteiger partial charge is 0.504 e. The van der Waals surface area contributed by atoms with E-state index in [0.29, 0.717) is 23.5 Å². The zero-order valence-electron chi connectivity index (χ0n) is 12.5. The summed E-state index contributed by atoms with van der Waals surface area (Å²) in [6, 6.07) is 12.2. The van der Waals surface area contributed by atoms with E-state index in [1.165, 1.54) is 12.3 Å². The Labute approximate surface area is 129 Å². The van der Waals surface area contributed by atoms with E-state index in [4.69, 9.17) is 4.74 Å². The fourth-order valence-corrected chi connectivity index (χ4v) is 1.95. The molecular formula is C17H18N2O3. The second kappa shape index (κ2) is 7.26. The van der Waals surface area contributed by atoms with Gasteiger partial charge >= 0.3 is 0 Å². The molecule has 0 saturated heterocycles. The summed E-state index contributed by atoms with van der Waals surface area (Å²) in [5, 5.41) is 13.7. The van der Waals surface area contributed by atoms with Gasteiger partial charge in [-0.1, -0.05) is 18.2 Å². The van der Waals surface area contributed by atoms with E-state index in [9.17, 15) is 9.90 Å². The molecule has 5 heteroatoms. The van der Waals surface area contributed by atoms with Crippen LogP contribution in [0.1, 0.15) is 28.4 Å². The van der Waals surface area contributed by atoms with E-state index < -0.39 is 0 Å². The molecule has 0 fully saturated rings. The molecule has 0 atom stereocenters. The van der Waals surface area contributed by atoms with Crippen LogP contribution in [0, 0.1) is 6.92 Å². The molecule has 2 N–H and O–H groups in total. The minimum atomic E-state index is -0.274. The van der Waals surface area contributed by atoms with E-state index in [1.807, 2.05) is 26.0 Å². The summed E-state index contributed by atoms with van der Waals surface area (Å²) < 4.78 is 5.24. The maximum Gasteiger partial charge on any atom is 0.271 e. The average molecular weight is 298 g/mol. The third-order valence-electron chi connectivity index (χ3n) is 3.05. The number of hydrogen-bond donors (Lipinski definition) is 2. The normalized spacial score (nSPS) is 10.6. The lowest BCUT2D eigenvalue weighted by Gasteiger charge is -2.06. The lowest BCUT2D eigenvalue weighted by molar-refractivity contribution is 0.0954. The van der Waals surface area contributed by atoms with Crippen LogP contribution >= 0.6 is 0 Å². The number of nitrogens with zero attached hydrogens (tertiary/aromatic N) is 1. The summed E-state index contributed by atoms with van der Waals surface area (Å²) in [5.74, 6) is 0.184. The van der Waals surface area contributed by atoms with Crippen LogP contribution in [-0.4, -0.2) is 23.8 Å². The maximum absolute atomic E-state index is 12.0. The Bertz CT molecular complexity index is 696. The van der Waals surface area contributed by atoms with E-state index in [0.717, 1.165) is 5.56 Å². The van der Waals surface area contributed by atoms with Crippen molar-refractivity contribution in [2.45, 2.75) is 13.8 Å². The molecule has 0 unspecified atom stereocenters. The van der Waals surface area contributed by atoms with Crippen molar-refractivity contribution in [3.8, 4) is 11.5 Å². The lowest BCUT2D eigenvalue weighted by atomic mass is 10.1. The van der Waals surface area contributed by atoms with E-state index >= 15 is 0 Å². The predicted octanol–water partition coefficient (Wildman–Crippen LogP) is 2.86. The van der Waals surface area contributed by atoms with Crippen LogP contribution in [0.25, 0.3) is 0 Å². The van der Waals surface area contributed by atoms with Gasteiger partial charge in [0.05, 0.1) is 12.8 Å². The van der Waals surface area contributed by atoms with Crippen molar-refractivity contribution in [1.82, 2.24) is 5.43 Å². The fraction of sp³-hybridized carbons (Fsp3) is 0.176. The Balaban J connectivity index is 2.02. The zero-order chi connectivity index (χ0) is 15.9. The smallest absolute Gasteiger partial charge is 0.271 e. The van der Waals surface area contributed by atoms with Crippen molar-refractivity contribution in [2.75, 3.05) is 6.61 Å². The Morgan fingerprint density at radius 3 is 2.77 bits per heavy atom. The Morgan fingerprint density at radius 2 is 2.09 bits per heavy atom. The lowest BCUT2D eigenvalue weighted by Crippen LogP contribution is -2.18. The zero-order valence-corrected chi connectivity index (χ0v) is 12.5. The van der Waals surface area contributed by atoms with Crippen LogP contribution in [0.3, 0.4) is 0 Å². The highest BCUT2D eigenvalue weighted by atomic mass is 16.5. The molecule has 0 spiro atoms. The molecule has 2 rings (SSSR count). The number of carbonyl (C=O) groups excluding carboxylic acids is 1. The van der Waals surface area contributed by atoms with Gasteiger partial charge in [0, 0.05) is 5.56 Å². The molecule has 0 bridgehead atoms. The van der Waals surface area contributed by atoms with Gasteiger partial charge in [-0.3, -0.25) is 4.79 Å². The number of aryl methyl sites for hydroxylation is 1. The number of hydrogen-bond acceptors (Lipinski definition) is 4. The van der Waals surface area contributed by atoms with Gasteiger partial charge in [-0.2, -0.15) is 5.10 Å². The van der Waals surface area contributed by atoms with Gasteiger partial charge in [0.25, 0.3) is 5.91 Å². The topological polar surface area (TPSA) is 70.9 Å². The first-order valence-corrected chi connectivity index (χ1v) is 6.96. The molecule has 0 aliphatic heterocycles. The number of benzene rings is 2. The summed E-state index contributed by atoms with van der Waals surface area (Å²) in [5.41, 5.74) is 4.58. The van der Waals surface area contributed by atoms with E-state index in [-0.39, 0.29) is 11.7 Å². The molecule has 5 nitrogen and oxygen atoms in total. The van der Waals surface area contributed by atoms with Crippen molar-refractivity contribution < 1.29 is 14.6 Å². The molecular weight excluding hydrogens is 280 g/mol. The van der Waals surface area contributed by atoms with Gasteiger partial charge in [-0.25, -0.2) is 5.43 Å². The third-order valence-corrected chi connectivity index (χ3v) is 3.05. The third kappa shape index (κ3) is 3.85. The predicted molar refractivity (Wildman–Crippen MR) is 85.5 cm³/mol. The number of carbonyl (C=O) groups is 1. The second-order valence-corrected chi connectivity index (χ2v) is 4.67. The maximum atomic E-state index is 12.0. The van der Waals surface area contributed by atoms with Gasteiger partial charge in [0.15, 0.2) is 11.5 Å². The fourth-order valence-electron chi connectivity index (χ4n) is 1.95. The van der Waals surface area contributed by atoms with Gasteiger partial charge in [0.1, 0.15) is 0 Å². The van der Waals surface area contributed by atoms with Crippen molar-refractivity contribution in [1.29, 1.82) is 0 Å². The Morgan fingerprint density at radius 1 is 1.32 bits per heavy atom. The van der Waals surface area contributed by atoms with Crippen molar-refractivity contribution >= 4 is 12.1 Å². The minimum absolute atomic E-state index is 0.0380. The highest BCUT2D eigenvalue weighted by molar-refractivity contribution is 5.96. The summed E-state index contributed by atoms with van der Waals surface area (Å²) in [6.45, 7) is 4.19. The van der Waals surface area contributed by atoms with Gasteiger partial charge in [-0.05, 0) is 49.2 Å². The van der Waals surface area contributed by atoms with E-state index in [2.05, 4.69) is 10.5 Å². The molecule has 0 aromatic heterocycles. The van der Waals surface area contributed by atoms with Gasteiger partial charge < -0.3 is 9.84 Å². The highest BCUT2D eigenvalue weighted by Crippen LogP contribution is 2.25. The first-order chi connectivity index (χ1) is 10.6. The quantitative estimate of drug-likeness (QED) is 0.658. The van der Waals surface area contributed by atoms with Crippen LogP contribution in [0.2, 0.25) is 0 Å². The van der Waals surface area contributed by atoms with E-state index in [1.54, 1.807) is 24.3 Å². The van der Waals surface area contributed by atoms with Crippen molar-refractivity contribution in [3.63, 3.8) is 0 Å². The summed E-state index contributed by atoms with van der Waals surface area (Å²) in [6.07, 6.45) is 1.46. The SMILES string of the molecule is CCOc1ccc(/C=N/NC(=O)c2ccccc2C)cc1O. The number of ether oxygens (including phenoxy) is 1. The van der Waals surface area contributed by atoms with Crippen molar-refractivity contribution in [3.05, 3.63) is 59.2 Å². The monoisotopic (exact) mass is 298 g/mol. The summed E-state index contributed by atoms with van der Waals surface area (Å²) in [7, 11) is 0. The van der Waals surface area contributed by atoms with Crippen molar-refractivity contribution in [2.24, 2.45) is 5.10 Å². The molecule has 0 aliphatic carbocycles. The van der Waals surface area contributed by atoms with Crippen LogP contribution in [-0.2, 0) is 0 Å². The molecule has 0 aliphatic rings. The molecule has 2 aromatic rings. The summed E-state index contributed by atoms with van der Waals surface area (Å²) in [4.78, 5) is 12.0. The minimum Gasteiger partial charge on any atom is -0.504 e. The van der Waals surface area contributed by atoms with Crippen LogP contribution in [0.4, 0.5) is 0 Å². The Kier molecular flexibility index (Phi) is 5.14. The number of hydrazone groups is 1. The molecule has 114 valence electrons. The Hall–Kier alpha value is -2.82. The van der Waals surface area contributed by atoms with Gasteiger partial charge in [0.2, 0.25) is 0 Å². The molecule has 22 heavy (non-hydrogen) atoms. The first-order valence-electron chi connectivity index (χ1n) is 6.96. The van der Waals surface area contributed by atoms with Gasteiger partial charge in [-0.15, -0.1) is 0 Å².